The van der Waals surface area contributed by atoms with Gasteiger partial charge in [0.25, 0.3) is 5.91 Å². The van der Waals surface area contributed by atoms with E-state index in [4.69, 9.17) is 5.73 Å². The van der Waals surface area contributed by atoms with E-state index in [9.17, 15) is 4.79 Å². The van der Waals surface area contributed by atoms with Crippen LogP contribution in [0, 0.1) is 6.92 Å². The standard InChI is InChI=1S/C16H22N4OS/c1-3-20(14-7-5-4-6-12(14)2)9-8-18-16(21)13-11-22-15(10-17)19-13/h4-7,11H,3,8-10,17H2,1-2H3,(H,18,21). The van der Waals surface area contributed by atoms with Crippen LogP contribution in [-0.2, 0) is 6.54 Å². The van der Waals surface area contributed by atoms with Crippen LogP contribution in [0.3, 0.4) is 0 Å². The zero-order valence-corrected chi connectivity index (χ0v) is 13.8. The van der Waals surface area contributed by atoms with Crippen molar-refractivity contribution in [3.8, 4) is 0 Å². The van der Waals surface area contributed by atoms with E-state index in [0.717, 1.165) is 18.1 Å². The van der Waals surface area contributed by atoms with Crippen LogP contribution < -0.4 is 16.0 Å². The summed E-state index contributed by atoms with van der Waals surface area (Å²) < 4.78 is 0. The number of anilines is 1. The number of benzene rings is 1. The molecule has 1 amide bonds. The molecule has 2 rings (SSSR count). The zero-order valence-electron chi connectivity index (χ0n) is 13.0. The number of aromatic nitrogens is 1. The molecule has 0 saturated heterocycles. The number of carbonyl (C=O) groups is 1. The van der Waals surface area contributed by atoms with Gasteiger partial charge in [-0.2, -0.15) is 0 Å². The van der Waals surface area contributed by atoms with Gasteiger partial charge < -0.3 is 16.0 Å². The highest BCUT2D eigenvalue weighted by Crippen LogP contribution is 2.18. The fourth-order valence-corrected chi connectivity index (χ4v) is 2.93. The Morgan fingerprint density at radius 3 is 2.82 bits per heavy atom. The van der Waals surface area contributed by atoms with E-state index in [-0.39, 0.29) is 5.91 Å². The summed E-state index contributed by atoms with van der Waals surface area (Å²) in [6.07, 6.45) is 0. The SMILES string of the molecule is CCN(CCNC(=O)c1csc(CN)n1)c1ccccc1C. The van der Waals surface area contributed by atoms with Gasteiger partial charge in [-0.05, 0) is 25.5 Å². The first kappa shape index (κ1) is 16.5. The molecule has 0 aliphatic rings. The van der Waals surface area contributed by atoms with Crippen molar-refractivity contribution in [1.29, 1.82) is 0 Å². The Morgan fingerprint density at radius 2 is 2.18 bits per heavy atom. The monoisotopic (exact) mass is 318 g/mol. The van der Waals surface area contributed by atoms with Gasteiger partial charge in [-0.1, -0.05) is 18.2 Å². The quantitative estimate of drug-likeness (QED) is 0.821. The molecule has 0 aliphatic heterocycles. The molecule has 0 fully saturated rings. The molecule has 1 aromatic heterocycles. The molecule has 0 aliphatic carbocycles. The van der Waals surface area contributed by atoms with E-state index in [2.05, 4.69) is 41.2 Å². The van der Waals surface area contributed by atoms with Crippen molar-refractivity contribution in [2.45, 2.75) is 20.4 Å². The van der Waals surface area contributed by atoms with E-state index in [1.54, 1.807) is 5.38 Å². The molecule has 0 atom stereocenters. The Hall–Kier alpha value is -1.92. The average Bonchev–Trinajstić information content (AvgIpc) is 3.01. The number of nitrogens with one attached hydrogen (secondary N) is 1. The molecular formula is C16H22N4OS. The molecule has 1 aromatic carbocycles. The summed E-state index contributed by atoms with van der Waals surface area (Å²) >= 11 is 1.41. The lowest BCUT2D eigenvalue weighted by Gasteiger charge is -2.25. The maximum absolute atomic E-state index is 12.0. The first-order valence-electron chi connectivity index (χ1n) is 7.39. The number of amides is 1. The van der Waals surface area contributed by atoms with Crippen molar-refractivity contribution < 1.29 is 4.79 Å². The molecule has 22 heavy (non-hydrogen) atoms. The van der Waals surface area contributed by atoms with Gasteiger partial charge in [0.1, 0.15) is 10.7 Å². The Kier molecular flexibility index (Phi) is 5.91. The summed E-state index contributed by atoms with van der Waals surface area (Å²) in [6.45, 7) is 6.82. The predicted molar refractivity (Wildman–Crippen MR) is 91.4 cm³/mol. The third-order valence-electron chi connectivity index (χ3n) is 3.46. The number of rotatable bonds is 7. The minimum Gasteiger partial charge on any atom is -0.370 e. The van der Waals surface area contributed by atoms with Crippen molar-refractivity contribution in [3.63, 3.8) is 0 Å². The number of carbonyl (C=O) groups excluding carboxylic acids is 1. The second-order valence-electron chi connectivity index (χ2n) is 4.95. The number of aryl methyl sites for hydroxylation is 1. The second kappa shape index (κ2) is 7.91. The number of nitrogens with two attached hydrogens (primary N) is 1. The van der Waals surface area contributed by atoms with E-state index in [1.807, 2.05) is 12.1 Å². The first-order valence-corrected chi connectivity index (χ1v) is 8.27. The lowest BCUT2D eigenvalue weighted by atomic mass is 10.2. The highest BCUT2D eigenvalue weighted by atomic mass is 32.1. The third kappa shape index (κ3) is 4.05. The summed E-state index contributed by atoms with van der Waals surface area (Å²) in [6, 6.07) is 8.27. The Bertz CT molecular complexity index is 626. The maximum Gasteiger partial charge on any atom is 0.270 e. The van der Waals surface area contributed by atoms with Gasteiger partial charge >= 0.3 is 0 Å². The summed E-state index contributed by atoms with van der Waals surface area (Å²) in [7, 11) is 0. The molecule has 2 aromatic rings. The molecule has 5 nitrogen and oxygen atoms in total. The molecule has 3 N–H and O–H groups in total. The molecule has 0 saturated carbocycles. The molecule has 0 bridgehead atoms. The second-order valence-corrected chi connectivity index (χ2v) is 5.90. The topological polar surface area (TPSA) is 71.2 Å². The van der Waals surface area contributed by atoms with Crippen LogP contribution in [-0.4, -0.2) is 30.5 Å². The summed E-state index contributed by atoms with van der Waals surface area (Å²) in [5.74, 6) is -0.142. The smallest absolute Gasteiger partial charge is 0.270 e. The lowest BCUT2D eigenvalue weighted by Crippen LogP contribution is -2.35. The number of nitrogens with zero attached hydrogens (tertiary/aromatic N) is 2. The molecule has 6 heteroatoms. The molecule has 0 radical (unpaired) electrons. The Balaban J connectivity index is 1.89. The average molecular weight is 318 g/mol. The molecule has 118 valence electrons. The highest BCUT2D eigenvalue weighted by molar-refractivity contribution is 7.09. The number of hydrogen-bond acceptors (Lipinski definition) is 5. The normalized spacial score (nSPS) is 10.5. The van der Waals surface area contributed by atoms with Crippen molar-refractivity contribution in [1.82, 2.24) is 10.3 Å². The van der Waals surface area contributed by atoms with Gasteiger partial charge in [0.15, 0.2) is 0 Å². The van der Waals surface area contributed by atoms with Crippen LogP contribution in [0.25, 0.3) is 0 Å². The predicted octanol–water partition coefficient (Wildman–Crippen LogP) is 2.17. The number of hydrogen-bond donors (Lipinski definition) is 2. The van der Waals surface area contributed by atoms with Crippen LogP contribution in [0.15, 0.2) is 29.6 Å². The van der Waals surface area contributed by atoms with Gasteiger partial charge in [-0.25, -0.2) is 4.98 Å². The van der Waals surface area contributed by atoms with E-state index >= 15 is 0 Å². The van der Waals surface area contributed by atoms with E-state index in [1.165, 1.54) is 22.6 Å². The van der Waals surface area contributed by atoms with Crippen molar-refractivity contribution in [2.24, 2.45) is 5.73 Å². The minimum atomic E-state index is -0.142. The van der Waals surface area contributed by atoms with Crippen molar-refractivity contribution >= 4 is 22.9 Å². The van der Waals surface area contributed by atoms with Crippen molar-refractivity contribution in [3.05, 3.63) is 45.9 Å². The number of para-hydroxylation sites is 1. The van der Waals surface area contributed by atoms with E-state index < -0.39 is 0 Å². The summed E-state index contributed by atoms with van der Waals surface area (Å²) in [5.41, 5.74) is 8.40. The van der Waals surface area contributed by atoms with Crippen LogP contribution in [0.4, 0.5) is 5.69 Å². The largest absolute Gasteiger partial charge is 0.370 e. The highest BCUT2D eigenvalue weighted by Gasteiger charge is 2.11. The lowest BCUT2D eigenvalue weighted by molar-refractivity contribution is 0.0950. The molecular weight excluding hydrogens is 296 g/mol. The first-order chi connectivity index (χ1) is 10.7. The van der Waals surface area contributed by atoms with Crippen molar-refractivity contribution in [2.75, 3.05) is 24.5 Å². The van der Waals surface area contributed by atoms with Crippen LogP contribution in [0.5, 0.6) is 0 Å². The van der Waals surface area contributed by atoms with Gasteiger partial charge in [0.2, 0.25) is 0 Å². The summed E-state index contributed by atoms with van der Waals surface area (Å²) in [5, 5.41) is 5.44. The van der Waals surface area contributed by atoms with Crippen LogP contribution >= 0.6 is 11.3 Å². The fourth-order valence-electron chi connectivity index (χ4n) is 2.27. The zero-order chi connectivity index (χ0) is 15.9. The van der Waals surface area contributed by atoms with Gasteiger partial charge in [-0.15, -0.1) is 11.3 Å². The molecule has 0 unspecified atom stereocenters. The molecule has 0 spiro atoms. The fraction of sp³-hybridized carbons (Fsp3) is 0.375. The van der Waals surface area contributed by atoms with Gasteiger partial charge in [-0.3, -0.25) is 4.79 Å². The Morgan fingerprint density at radius 1 is 1.41 bits per heavy atom. The minimum absolute atomic E-state index is 0.142. The van der Waals surface area contributed by atoms with Crippen LogP contribution in [0.1, 0.15) is 28.0 Å². The summed E-state index contributed by atoms with van der Waals surface area (Å²) in [4.78, 5) is 18.5. The maximum atomic E-state index is 12.0. The van der Waals surface area contributed by atoms with Gasteiger partial charge in [0.05, 0.1) is 0 Å². The van der Waals surface area contributed by atoms with Gasteiger partial charge in [0, 0.05) is 37.2 Å². The van der Waals surface area contributed by atoms with Crippen LogP contribution in [0.2, 0.25) is 0 Å². The number of likely N-dealkylation sites (N-methyl/N-ethyl adjacent to an activating group) is 1. The number of thiazole rings is 1. The third-order valence-corrected chi connectivity index (χ3v) is 4.34. The van der Waals surface area contributed by atoms with E-state index in [0.29, 0.717) is 18.8 Å². The molecule has 1 heterocycles. The Labute approximate surface area is 135 Å².